The topological polar surface area (TPSA) is 47.9 Å². The average Bonchev–Trinajstić information content (AvgIpc) is 3.10. The maximum atomic E-state index is 10.2. The third-order valence-electron chi connectivity index (χ3n) is 6.67. The van der Waals surface area contributed by atoms with Crippen LogP contribution in [0.4, 0.5) is 0 Å². The van der Waals surface area contributed by atoms with Gasteiger partial charge in [-0.05, 0) is 54.3 Å². The maximum absolute atomic E-state index is 10.2. The van der Waals surface area contributed by atoms with Gasteiger partial charge in [0.15, 0.2) is 6.29 Å². The number of ether oxygens (including phenoxy) is 3. The fourth-order valence-corrected chi connectivity index (χ4v) is 5.47. The quantitative estimate of drug-likeness (QED) is 0.391. The number of rotatable bonds is 4. The van der Waals surface area contributed by atoms with E-state index < -0.39 is 0 Å². The second kappa shape index (κ2) is 7.01. The normalized spacial score (nSPS) is 18.8. The molecular formula is C28H24O4. The molecule has 1 aliphatic carbocycles. The highest BCUT2D eigenvalue weighted by Crippen LogP contribution is 2.58. The Kier molecular flexibility index (Phi) is 4.21. The summed E-state index contributed by atoms with van der Waals surface area (Å²) in [5.41, 5.74) is 4.40. The van der Waals surface area contributed by atoms with E-state index >= 15 is 0 Å². The highest BCUT2D eigenvalue weighted by atomic mass is 16.7. The lowest BCUT2D eigenvalue weighted by molar-refractivity contribution is -0.0613. The molecule has 0 amide bonds. The molecule has 32 heavy (non-hydrogen) atoms. The number of phenolic OH excluding ortho intramolecular Hbond substituents is 1. The number of fused-ring (bicyclic) bond motifs is 5. The van der Waals surface area contributed by atoms with Gasteiger partial charge in [-0.25, -0.2) is 0 Å². The highest BCUT2D eigenvalue weighted by Gasteiger charge is 2.48. The van der Waals surface area contributed by atoms with Crippen LogP contribution in [0.25, 0.3) is 10.8 Å². The van der Waals surface area contributed by atoms with Gasteiger partial charge in [-0.1, -0.05) is 48.5 Å². The number of phenols is 1. The summed E-state index contributed by atoms with van der Waals surface area (Å²) in [6, 6.07) is 24.6. The van der Waals surface area contributed by atoms with E-state index in [-0.39, 0.29) is 17.5 Å². The molecule has 1 aliphatic heterocycles. The van der Waals surface area contributed by atoms with E-state index in [1.807, 2.05) is 32.0 Å². The molecule has 4 aromatic carbocycles. The van der Waals surface area contributed by atoms with Crippen LogP contribution < -0.4 is 9.47 Å². The maximum Gasteiger partial charge on any atom is 0.196 e. The van der Waals surface area contributed by atoms with Crippen molar-refractivity contribution >= 4 is 10.8 Å². The average molecular weight is 424 g/mol. The van der Waals surface area contributed by atoms with E-state index in [4.69, 9.17) is 14.2 Å². The summed E-state index contributed by atoms with van der Waals surface area (Å²) in [5.74, 6) is 2.30. The first-order valence-electron chi connectivity index (χ1n) is 11.1. The van der Waals surface area contributed by atoms with Crippen LogP contribution in [0, 0.1) is 0 Å². The van der Waals surface area contributed by atoms with Crippen LogP contribution in [0.1, 0.15) is 36.1 Å². The summed E-state index contributed by atoms with van der Waals surface area (Å²) in [4.78, 5) is 0. The Bertz CT molecular complexity index is 1350. The van der Waals surface area contributed by atoms with Crippen molar-refractivity contribution in [2.24, 2.45) is 0 Å². The van der Waals surface area contributed by atoms with Crippen molar-refractivity contribution in [1.29, 1.82) is 0 Å². The first-order chi connectivity index (χ1) is 15.6. The predicted molar refractivity (Wildman–Crippen MR) is 124 cm³/mol. The van der Waals surface area contributed by atoms with Crippen molar-refractivity contribution in [1.82, 2.24) is 0 Å². The monoisotopic (exact) mass is 424 g/mol. The Hall–Kier alpha value is -3.50. The summed E-state index contributed by atoms with van der Waals surface area (Å²) in [6.45, 7) is 4.41. The first-order valence-corrected chi connectivity index (χ1v) is 11.1. The minimum absolute atomic E-state index is 0.188. The molecular weight excluding hydrogens is 400 g/mol. The fraction of sp³-hybridized carbons (Fsp3) is 0.214. The first kappa shape index (κ1) is 19.2. The molecule has 1 spiro atoms. The van der Waals surface area contributed by atoms with Gasteiger partial charge in [0.05, 0.1) is 5.41 Å². The lowest BCUT2D eigenvalue weighted by Gasteiger charge is -2.38. The summed E-state index contributed by atoms with van der Waals surface area (Å²) < 4.78 is 17.8. The molecule has 4 heteroatoms. The van der Waals surface area contributed by atoms with Gasteiger partial charge < -0.3 is 19.3 Å². The summed E-state index contributed by atoms with van der Waals surface area (Å²) in [7, 11) is 0. The van der Waals surface area contributed by atoms with Gasteiger partial charge in [0.2, 0.25) is 0 Å². The van der Waals surface area contributed by atoms with Gasteiger partial charge in [0, 0.05) is 29.9 Å². The predicted octanol–water partition coefficient (Wildman–Crippen LogP) is 6.30. The zero-order valence-corrected chi connectivity index (χ0v) is 18.1. The lowest BCUT2D eigenvalue weighted by atomic mass is 9.68. The Morgan fingerprint density at radius 2 is 1.69 bits per heavy atom. The summed E-state index contributed by atoms with van der Waals surface area (Å²) in [6.07, 6.45) is 0.490. The second-order valence-corrected chi connectivity index (χ2v) is 8.48. The Balaban J connectivity index is 1.59. The minimum Gasteiger partial charge on any atom is -0.508 e. The molecule has 2 unspecified atom stereocenters. The molecule has 0 saturated heterocycles. The third-order valence-corrected chi connectivity index (χ3v) is 6.67. The number of benzene rings is 4. The fourth-order valence-electron chi connectivity index (χ4n) is 5.47. The molecule has 160 valence electrons. The Morgan fingerprint density at radius 3 is 2.50 bits per heavy atom. The number of aromatic hydroxyl groups is 1. The lowest BCUT2D eigenvalue weighted by Crippen LogP contribution is -2.32. The van der Waals surface area contributed by atoms with Crippen LogP contribution in [0.5, 0.6) is 23.0 Å². The van der Waals surface area contributed by atoms with Crippen molar-refractivity contribution in [3.05, 3.63) is 95.1 Å². The van der Waals surface area contributed by atoms with Gasteiger partial charge >= 0.3 is 0 Å². The molecule has 0 aromatic heterocycles. The van der Waals surface area contributed by atoms with Crippen molar-refractivity contribution in [2.45, 2.75) is 32.0 Å². The van der Waals surface area contributed by atoms with E-state index in [1.54, 1.807) is 12.1 Å². The number of hydrogen-bond donors (Lipinski definition) is 1. The molecule has 0 fully saturated rings. The largest absolute Gasteiger partial charge is 0.508 e. The smallest absolute Gasteiger partial charge is 0.196 e. The summed E-state index contributed by atoms with van der Waals surface area (Å²) in [5, 5.41) is 12.8. The molecule has 4 aromatic rings. The van der Waals surface area contributed by atoms with Crippen molar-refractivity contribution < 1.29 is 19.3 Å². The van der Waals surface area contributed by atoms with Crippen LogP contribution in [0.2, 0.25) is 0 Å². The van der Waals surface area contributed by atoms with Crippen LogP contribution in [0.15, 0.2) is 72.8 Å². The number of hydrogen-bond acceptors (Lipinski definition) is 4. The van der Waals surface area contributed by atoms with Gasteiger partial charge in [0.25, 0.3) is 0 Å². The van der Waals surface area contributed by atoms with E-state index in [9.17, 15) is 5.11 Å². The standard InChI is InChI=1S/C28H24O4/c1-3-30-17(2)31-21-11-13-23-26(15-21)32-25-14-20(29)10-12-22(25)28(23)16-19-8-4-6-18-7-5-9-24(28)27(18)19/h4-15,17,29H,3,16H2,1-2H3. The molecule has 2 aliphatic rings. The molecule has 4 nitrogen and oxygen atoms in total. The zero-order valence-electron chi connectivity index (χ0n) is 18.1. The summed E-state index contributed by atoms with van der Waals surface area (Å²) >= 11 is 0. The van der Waals surface area contributed by atoms with Crippen molar-refractivity contribution in [3.8, 4) is 23.0 Å². The molecule has 1 N–H and O–H groups in total. The van der Waals surface area contributed by atoms with E-state index in [0.29, 0.717) is 18.1 Å². The SMILES string of the molecule is CCOC(C)Oc1ccc2c(c1)Oc1cc(O)ccc1C21Cc2cccc3cccc1c23. The van der Waals surface area contributed by atoms with Crippen LogP contribution in [-0.4, -0.2) is 18.0 Å². The van der Waals surface area contributed by atoms with Gasteiger partial charge in [0.1, 0.15) is 23.0 Å². The van der Waals surface area contributed by atoms with E-state index in [1.165, 1.54) is 21.9 Å². The second-order valence-electron chi connectivity index (χ2n) is 8.48. The molecule has 6 rings (SSSR count). The van der Waals surface area contributed by atoms with Crippen LogP contribution in [-0.2, 0) is 16.6 Å². The van der Waals surface area contributed by atoms with Gasteiger partial charge in [-0.15, -0.1) is 0 Å². The van der Waals surface area contributed by atoms with Crippen LogP contribution >= 0.6 is 0 Å². The molecule has 0 radical (unpaired) electrons. The van der Waals surface area contributed by atoms with Crippen LogP contribution in [0.3, 0.4) is 0 Å². The zero-order chi connectivity index (χ0) is 21.9. The molecule has 0 bridgehead atoms. The third kappa shape index (κ3) is 2.66. The highest BCUT2D eigenvalue weighted by molar-refractivity contribution is 5.95. The molecule has 0 saturated carbocycles. The van der Waals surface area contributed by atoms with Crippen molar-refractivity contribution in [2.75, 3.05) is 6.61 Å². The Labute approximate surface area is 187 Å². The van der Waals surface area contributed by atoms with Gasteiger partial charge in [-0.2, -0.15) is 0 Å². The Morgan fingerprint density at radius 1 is 0.938 bits per heavy atom. The van der Waals surface area contributed by atoms with E-state index in [0.717, 1.165) is 23.3 Å². The molecule has 1 heterocycles. The van der Waals surface area contributed by atoms with Crippen molar-refractivity contribution in [3.63, 3.8) is 0 Å². The molecule has 2 atom stereocenters. The van der Waals surface area contributed by atoms with E-state index in [2.05, 4.69) is 42.5 Å². The van der Waals surface area contributed by atoms with Gasteiger partial charge in [-0.3, -0.25) is 0 Å². The minimum atomic E-state index is -0.385.